The Balaban J connectivity index is 2.09. The highest BCUT2D eigenvalue weighted by atomic mass is 16.5. The lowest BCUT2D eigenvalue weighted by atomic mass is 9.80. The molecule has 0 bridgehead atoms. The first kappa shape index (κ1) is 24.5. The fourth-order valence-electron chi connectivity index (χ4n) is 4.06. The Kier molecular flexibility index (Phi) is 7.37. The third kappa shape index (κ3) is 4.50. The number of nitrogens with zero attached hydrogens (tertiary/aromatic N) is 1. The number of methoxy groups -OCH3 is 3. The number of aryl methyl sites for hydroxylation is 2. The molecule has 8 heteroatoms. The Bertz CT molecular complexity index is 1200. The first-order valence-corrected chi connectivity index (χ1v) is 10.6. The van der Waals surface area contributed by atoms with Crippen LogP contribution in [-0.2, 0) is 20.9 Å². The summed E-state index contributed by atoms with van der Waals surface area (Å²) in [4.78, 5) is 12.7. The van der Waals surface area contributed by atoms with E-state index in [1.54, 1.807) is 33.3 Å². The van der Waals surface area contributed by atoms with Crippen LogP contribution in [0.4, 0.5) is 0 Å². The monoisotopic (exact) mass is 464 g/mol. The SMILES string of the molecule is COC(=O)C1=C(C)OC(N)=C(C#N)[C@@H]1c1cc(COc2c(OC)cccc2OC)c(C)cc1C. The lowest BCUT2D eigenvalue weighted by Crippen LogP contribution is -2.25. The summed E-state index contributed by atoms with van der Waals surface area (Å²) < 4.78 is 27.4. The predicted molar refractivity (Wildman–Crippen MR) is 125 cm³/mol. The van der Waals surface area contributed by atoms with E-state index in [0.717, 1.165) is 22.3 Å². The second-order valence-corrected chi connectivity index (χ2v) is 7.80. The Morgan fingerprint density at radius 2 is 1.74 bits per heavy atom. The summed E-state index contributed by atoms with van der Waals surface area (Å²) in [7, 11) is 4.41. The van der Waals surface area contributed by atoms with Crippen LogP contribution in [0.5, 0.6) is 17.2 Å². The van der Waals surface area contributed by atoms with Crippen molar-refractivity contribution in [1.82, 2.24) is 0 Å². The molecule has 0 aromatic heterocycles. The zero-order chi connectivity index (χ0) is 25.0. The fraction of sp³-hybridized carbons (Fsp3) is 0.308. The molecule has 34 heavy (non-hydrogen) atoms. The van der Waals surface area contributed by atoms with Gasteiger partial charge in [-0.3, -0.25) is 0 Å². The molecule has 2 aromatic carbocycles. The zero-order valence-corrected chi connectivity index (χ0v) is 20.1. The van der Waals surface area contributed by atoms with Gasteiger partial charge < -0.3 is 29.4 Å². The van der Waals surface area contributed by atoms with E-state index in [9.17, 15) is 10.1 Å². The average Bonchev–Trinajstić information content (AvgIpc) is 2.82. The number of carbonyl (C=O) groups is 1. The van der Waals surface area contributed by atoms with Gasteiger partial charge in [0, 0.05) is 0 Å². The number of rotatable bonds is 7. The highest BCUT2D eigenvalue weighted by Crippen LogP contribution is 2.42. The maximum absolute atomic E-state index is 12.7. The molecule has 0 radical (unpaired) electrons. The van der Waals surface area contributed by atoms with Gasteiger partial charge in [0.05, 0.1) is 32.8 Å². The number of carbonyl (C=O) groups excluding carboxylic acids is 1. The normalized spacial score (nSPS) is 15.4. The molecule has 0 aliphatic carbocycles. The maximum atomic E-state index is 12.7. The van der Waals surface area contributed by atoms with Crippen LogP contribution < -0.4 is 19.9 Å². The highest BCUT2D eigenvalue weighted by molar-refractivity contribution is 5.92. The van der Waals surface area contributed by atoms with Crippen molar-refractivity contribution in [2.24, 2.45) is 5.73 Å². The van der Waals surface area contributed by atoms with E-state index in [4.69, 9.17) is 29.4 Å². The van der Waals surface area contributed by atoms with Crippen molar-refractivity contribution in [2.45, 2.75) is 33.3 Å². The van der Waals surface area contributed by atoms with Gasteiger partial charge in [-0.2, -0.15) is 5.26 Å². The molecule has 3 rings (SSSR count). The van der Waals surface area contributed by atoms with Gasteiger partial charge in [-0.05, 0) is 55.2 Å². The third-order valence-electron chi connectivity index (χ3n) is 5.80. The minimum Gasteiger partial charge on any atom is -0.493 e. The van der Waals surface area contributed by atoms with Gasteiger partial charge in [0.25, 0.3) is 0 Å². The van der Waals surface area contributed by atoms with E-state index in [1.165, 1.54) is 7.11 Å². The molecular formula is C26H28N2O6. The Morgan fingerprint density at radius 1 is 1.09 bits per heavy atom. The number of para-hydroxylation sites is 1. The molecule has 0 saturated carbocycles. The average molecular weight is 465 g/mol. The first-order chi connectivity index (χ1) is 16.3. The molecule has 0 fully saturated rings. The van der Waals surface area contributed by atoms with E-state index in [-0.39, 0.29) is 23.6 Å². The van der Waals surface area contributed by atoms with Crippen LogP contribution in [0, 0.1) is 25.2 Å². The lowest BCUT2D eigenvalue weighted by molar-refractivity contribution is -0.136. The van der Waals surface area contributed by atoms with Crippen LogP contribution in [-0.4, -0.2) is 27.3 Å². The summed E-state index contributed by atoms with van der Waals surface area (Å²) in [6.45, 7) is 5.72. The molecular weight excluding hydrogens is 436 g/mol. The first-order valence-electron chi connectivity index (χ1n) is 10.6. The second kappa shape index (κ2) is 10.2. The number of ether oxygens (including phenoxy) is 5. The van der Waals surface area contributed by atoms with E-state index in [1.807, 2.05) is 32.0 Å². The minimum atomic E-state index is -0.730. The van der Waals surface area contributed by atoms with Gasteiger partial charge in [0.2, 0.25) is 11.6 Å². The van der Waals surface area contributed by atoms with Crippen LogP contribution >= 0.6 is 0 Å². The van der Waals surface area contributed by atoms with E-state index in [0.29, 0.717) is 23.0 Å². The molecule has 178 valence electrons. The van der Waals surface area contributed by atoms with Crippen molar-refractivity contribution in [1.29, 1.82) is 5.26 Å². The molecule has 2 aromatic rings. The van der Waals surface area contributed by atoms with Crippen LogP contribution in [0.1, 0.15) is 35.1 Å². The molecule has 1 aliphatic heterocycles. The van der Waals surface area contributed by atoms with Crippen LogP contribution in [0.15, 0.2) is 53.1 Å². The molecule has 8 nitrogen and oxygen atoms in total. The van der Waals surface area contributed by atoms with Crippen LogP contribution in [0.3, 0.4) is 0 Å². The summed E-state index contributed by atoms with van der Waals surface area (Å²) in [5, 5.41) is 9.84. The van der Waals surface area contributed by atoms with Crippen molar-refractivity contribution < 1.29 is 28.5 Å². The summed E-state index contributed by atoms with van der Waals surface area (Å²) in [6.07, 6.45) is 0. The molecule has 0 saturated heterocycles. The highest BCUT2D eigenvalue weighted by Gasteiger charge is 2.37. The smallest absolute Gasteiger partial charge is 0.338 e. The Labute approximate surface area is 199 Å². The quantitative estimate of drug-likeness (QED) is 0.608. The van der Waals surface area contributed by atoms with E-state index >= 15 is 0 Å². The van der Waals surface area contributed by atoms with Crippen molar-refractivity contribution in [3.8, 4) is 23.3 Å². The molecule has 0 unspecified atom stereocenters. The molecule has 2 N–H and O–H groups in total. The summed E-state index contributed by atoms with van der Waals surface area (Å²) in [5.41, 5.74) is 9.87. The van der Waals surface area contributed by atoms with Crippen molar-refractivity contribution >= 4 is 5.97 Å². The zero-order valence-electron chi connectivity index (χ0n) is 20.1. The number of benzene rings is 2. The third-order valence-corrected chi connectivity index (χ3v) is 5.80. The van der Waals surface area contributed by atoms with Crippen molar-refractivity contribution in [3.63, 3.8) is 0 Å². The number of nitriles is 1. The Morgan fingerprint density at radius 3 is 2.29 bits per heavy atom. The number of esters is 1. The van der Waals surface area contributed by atoms with Gasteiger partial charge in [0.1, 0.15) is 24.0 Å². The van der Waals surface area contributed by atoms with Crippen LogP contribution in [0.25, 0.3) is 0 Å². The van der Waals surface area contributed by atoms with E-state index < -0.39 is 11.9 Å². The second-order valence-electron chi connectivity index (χ2n) is 7.80. The summed E-state index contributed by atoms with van der Waals surface area (Å²) in [6, 6.07) is 11.4. The number of nitrogens with two attached hydrogens (primary N) is 1. The van der Waals surface area contributed by atoms with Gasteiger partial charge >= 0.3 is 5.97 Å². The number of hydrogen-bond donors (Lipinski definition) is 1. The van der Waals surface area contributed by atoms with Gasteiger partial charge in [-0.15, -0.1) is 0 Å². The fourth-order valence-corrected chi connectivity index (χ4v) is 4.06. The molecule has 0 spiro atoms. The number of allylic oxidation sites excluding steroid dienone is 2. The predicted octanol–water partition coefficient (Wildman–Crippen LogP) is 4.15. The van der Waals surface area contributed by atoms with Gasteiger partial charge in [0.15, 0.2) is 11.5 Å². The van der Waals surface area contributed by atoms with Crippen LogP contribution in [0.2, 0.25) is 0 Å². The Hall–Kier alpha value is -4.12. The van der Waals surface area contributed by atoms with E-state index in [2.05, 4.69) is 6.07 Å². The summed E-state index contributed by atoms with van der Waals surface area (Å²) >= 11 is 0. The molecule has 1 atom stereocenters. The lowest BCUT2D eigenvalue weighted by Gasteiger charge is -2.28. The molecule has 0 amide bonds. The largest absolute Gasteiger partial charge is 0.493 e. The van der Waals surface area contributed by atoms with Crippen molar-refractivity contribution in [2.75, 3.05) is 21.3 Å². The van der Waals surface area contributed by atoms with Gasteiger partial charge in [-0.1, -0.05) is 18.2 Å². The summed E-state index contributed by atoms with van der Waals surface area (Å²) in [5.74, 6) is 0.517. The molecule has 1 aliphatic rings. The molecule has 1 heterocycles. The topological polar surface area (TPSA) is 113 Å². The van der Waals surface area contributed by atoms with Crippen molar-refractivity contribution in [3.05, 3.63) is 75.4 Å². The maximum Gasteiger partial charge on any atom is 0.338 e. The standard InChI is InChI=1S/C26H28N2O6/c1-14-10-15(2)18(23-19(12-27)25(28)34-16(3)22(23)26(29)32-6)11-17(14)13-33-24-20(30-4)8-7-9-21(24)31-5/h7-11,23H,13,28H2,1-6H3/t23-/m0/s1. The minimum absolute atomic E-state index is 0.0332. The van der Waals surface area contributed by atoms with Gasteiger partial charge in [-0.25, -0.2) is 4.79 Å². The number of hydrogen-bond acceptors (Lipinski definition) is 8.